The number of aliphatic carboxylic acids is 1. The van der Waals surface area contributed by atoms with E-state index in [-0.39, 0.29) is 18.7 Å². The molecule has 0 saturated heterocycles. The fraction of sp³-hybridized carbons (Fsp3) is 0.750. The Morgan fingerprint density at radius 3 is 2.38 bits per heavy atom. The maximum absolute atomic E-state index is 11.1. The number of nitrogens with one attached hydrogen (secondary N) is 2. The standard InChI is InChI=1S/C8H16N2O5S/c1-6(5-7(11)12)10-8(13)9-3-4-16(2,14)15/h6H,3-5H2,1-2H3,(H,11,12)(H2,9,10,13). The van der Waals surface area contributed by atoms with Crippen LogP contribution in [0.4, 0.5) is 4.79 Å². The van der Waals surface area contributed by atoms with Gasteiger partial charge >= 0.3 is 12.0 Å². The minimum atomic E-state index is -3.10. The smallest absolute Gasteiger partial charge is 0.315 e. The molecule has 0 saturated carbocycles. The zero-order valence-electron chi connectivity index (χ0n) is 9.19. The Morgan fingerprint density at radius 1 is 1.38 bits per heavy atom. The Kier molecular flexibility index (Phi) is 5.79. The Morgan fingerprint density at radius 2 is 1.94 bits per heavy atom. The van der Waals surface area contributed by atoms with Gasteiger partial charge in [0.25, 0.3) is 0 Å². The van der Waals surface area contributed by atoms with E-state index in [0.29, 0.717) is 0 Å². The number of rotatable bonds is 6. The van der Waals surface area contributed by atoms with Crippen LogP contribution in [0.5, 0.6) is 0 Å². The molecular weight excluding hydrogens is 236 g/mol. The van der Waals surface area contributed by atoms with Crippen molar-refractivity contribution >= 4 is 21.8 Å². The summed E-state index contributed by atoms with van der Waals surface area (Å²) in [6.45, 7) is 1.55. The largest absolute Gasteiger partial charge is 0.481 e. The van der Waals surface area contributed by atoms with E-state index in [1.807, 2.05) is 0 Å². The Bertz CT molecular complexity index is 351. The van der Waals surface area contributed by atoms with Crippen molar-refractivity contribution in [1.82, 2.24) is 10.6 Å². The number of carboxylic acids is 1. The summed E-state index contributed by atoms with van der Waals surface area (Å²) in [4.78, 5) is 21.4. The summed E-state index contributed by atoms with van der Waals surface area (Å²) in [5.41, 5.74) is 0. The molecule has 0 bridgehead atoms. The predicted octanol–water partition coefficient (Wildman–Crippen LogP) is -0.807. The van der Waals surface area contributed by atoms with Crippen molar-refractivity contribution in [1.29, 1.82) is 0 Å². The minimum Gasteiger partial charge on any atom is -0.481 e. The maximum Gasteiger partial charge on any atom is 0.315 e. The van der Waals surface area contributed by atoms with Crippen LogP contribution in [-0.4, -0.2) is 50.1 Å². The molecule has 1 atom stereocenters. The topological polar surface area (TPSA) is 113 Å². The lowest BCUT2D eigenvalue weighted by Gasteiger charge is -2.12. The zero-order valence-corrected chi connectivity index (χ0v) is 10.0. The van der Waals surface area contributed by atoms with Crippen molar-refractivity contribution in [2.75, 3.05) is 18.6 Å². The Hall–Kier alpha value is -1.31. The number of amides is 2. The molecule has 2 amide bonds. The number of urea groups is 1. The number of hydrogen-bond donors (Lipinski definition) is 3. The summed E-state index contributed by atoms with van der Waals surface area (Å²) in [7, 11) is -3.10. The highest BCUT2D eigenvalue weighted by Gasteiger charge is 2.10. The second-order valence-corrected chi connectivity index (χ2v) is 5.79. The number of sulfone groups is 1. The SMILES string of the molecule is CC(CC(=O)O)NC(=O)NCCS(C)(=O)=O. The van der Waals surface area contributed by atoms with Gasteiger partial charge in [0, 0.05) is 18.8 Å². The highest BCUT2D eigenvalue weighted by Crippen LogP contribution is 1.89. The zero-order chi connectivity index (χ0) is 12.8. The van der Waals surface area contributed by atoms with Gasteiger partial charge in [-0.3, -0.25) is 4.79 Å². The fourth-order valence-corrected chi connectivity index (χ4v) is 1.41. The second-order valence-electron chi connectivity index (χ2n) is 3.53. The van der Waals surface area contributed by atoms with Crippen LogP contribution >= 0.6 is 0 Å². The quantitative estimate of drug-likeness (QED) is 0.572. The minimum absolute atomic E-state index is 0.00442. The lowest BCUT2D eigenvalue weighted by Crippen LogP contribution is -2.43. The molecule has 16 heavy (non-hydrogen) atoms. The predicted molar refractivity (Wildman–Crippen MR) is 58.0 cm³/mol. The summed E-state index contributed by atoms with van der Waals surface area (Å²) in [6.07, 6.45) is 0.888. The van der Waals surface area contributed by atoms with E-state index in [2.05, 4.69) is 10.6 Å². The summed E-state index contributed by atoms with van der Waals surface area (Å²) >= 11 is 0. The molecule has 0 spiro atoms. The van der Waals surface area contributed by atoms with Crippen molar-refractivity contribution < 1.29 is 23.1 Å². The van der Waals surface area contributed by atoms with E-state index < -0.39 is 27.9 Å². The third-order valence-electron chi connectivity index (χ3n) is 1.62. The van der Waals surface area contributed by atoms with E-state index in [1.54, 1.807) is 6.92 Å². The maximum atomic E-state index is 11.1. The first-order valence-corrected chi connectivity index (χ1v) is 6.70. The summed E-state index contributed by atoms with van der Waals surface area (Å²) in [6, 6.07) is -1.08. The molecule has 8 heteroatoms. The molecule has 94 valence electrons. The van der Waals surface area contributed by atoms with Crippen LogP contribution < -0.4 is 10.6 Å². The molecule has 7 nitrogen and oxygen atoms in total. The lowest BCUT2D eigenvalue weighted by atomic mass is 10.2. The molecule has 0 aliphatic rings. The molecule has 0 aromatic heterocycles. The van der Waals surface area contributed by atoms with Gasteiger partial charge in [-0.1, -0.05) is 0 Å². The van der Waals surface area contributed by atoms with E-state index >= 15 is 0 Å². The van der Waals surface area contributed by atoms with E-state index in [9.17, 15) is 18.0 Å². The van der Waals surface area contributed by atoms with Crippen molar-refractivity contribution in [3.05, 3.63) is 0 Å². The summed E-state index contributed by atoms with van der Waals surface area (Å²) in [5.74, 6) is -1.16. The van der Waals surface area contributed by atoms with E-state index in [0.717, 1.165) is 6.26 Å². The van der Waals surface area contributed by atoms with Gasteiger partial charge in [-0.25, -0.2) is 13.2 Å². The number of carbonyl (C=O) groups is 2. The van der Waals surface area contributed by atoms with Gasteiger partial charge in [0.05, 0.1) is 12.2 Å². The lowest BCUT2D eigenvalue weighted by molar-refractivity contribution is -0.137. The van der Waals surface area contributed by atoms with Gasteiger partial charge < -0.3 is 15.7 Å². The first kappa shape index (κ1) is 14.7. The number of carboxylic acid groups (broad SMARTS) is 1. The van der Waals surface area contributed by atoms with Crippen LogP contribution in [0, 0.1) is 0 Å². The van der Waals surface area contributed by atoms with Crippen molar-refractivity contribution in [3.8, 4) is 0 Å². The Labute approximate surface area is 94.1 Å². The molecule has 0 radical (unpaired) electrons. The average Bonchev–Trinajstić information content (AvgIpc) is 1.98. The van der Waals surface area contributed by atoms with Gasteiger partial charge in [0.2, 0.25) is 0 Å². The highest BCUT2D eigenvalue weighted by molar-refractivity contribution is 7.90. The van der Waals surface area contributed by atoms with Crippen molar-refractivity contribution in [2.45, 2.75) is 19.4 Å². The molecule has 0 fully saturated rings. The average molecular weight is 252 g/mol. The van der Waals surface area contributed by atoms with Crippen LogP contribution in [0.15, 0.2) is 0 Å². The third-order valence-corrected chi connectivity index (χ3v) is 2.56. The van der Waals surface area contributed by atoms with Crippen LogP contribution in [0.2, 0.25) is 0 Å². The summed E-state index contributed by atoms with van der Waals surface area (Å²) < 4.78 is 21.5. The first-order chi connectivity index (χ1) is 7.20. The number of carbonyl (C=O) groups excluding carboxylic acids is 1. The molecular formula is C8H16N2O5S. The van der Waals surface area contributed by atoms with Crippen molar-refractivity contribution in [3.63, 3.8) is 0 Å². The summed E-state index contributed by atoms with van der Waals surface area (Å²) in [5, 5.41) is 13.1. The molecule has 0 heterocycles. The van der Waals surface area contributed by atoms with E-state index in [4.69, 9.17) is 5.11 Å². The molecule has 1 unspecified atom stereocenters. The van der Waals surface area contributed by atoms with Crippen LogP contribution in [0.1, 0.15) is 13.3 Å². The van der Waals surface area contributed by atoms with Gasteiger partial charge in [-0.05, 0) is 6.92 Å². The van der Waals surface area contributed by atoms with Crippen LogP contribution in [-0.2, 0) is 14.6 Å². The van der Waals surface area contributed by atoms with Crippen LogP contribution in [0.25, 0.3) is 0 Å². The van der Waals surface area contributed by atoms with E-state index in [1.165, 1.54) is 0 Å². The van der Waals surface area contributed by atoms with Crippen LogP contribution in [0.3, 0.4) is 0 Å². The number of hydrogen-bond acceptors (Lipinski definition) is 4. The fourth-order valence-electron chi connectivity index (χ4n) is 0.938. The monoisotopic (exact) mass is 252 g/mol. The van der Waals surface area contributed by atoms with Gasteiger partial charge in [-0.2, -0.15) is 0 Å². The first-order valence-electron chi connectivity index (χ1n) is 4.64. The van der Waals surface area contributed by atoms with Gasteiger partial charge in [0.1, 0.15) is 9.84 Å². The second kappa shape index (κ2) is 6.31. The molecule has 0 aromatic rings. The highest BCUT2D eigenvalue weighted by atomic mass is 32.2. The molecule has 0 rings (SSSR count). The molecule has 0 aliphatic heterocycles. The van der Waals surface area contributed by atoms with Gasteiger partial charge in [0.15, 0.2) is 0 Å². The molecule has 0 aliphatic carbocycles. The normalized spacial score (nSPS) is 12.9. The molecule has 0 aromatic carbocycles. The van der Waals surface area contributed by atoms with Crippen molar-refractivity contribution in [2.24, 2.45) is 0 Å². The van der Waals surface area contributed by atoms with Gasteiger partial charge in [-0.15, -0.1) is 0 Å². The Balaban J connectivity index is 3.79. The third kappa shape index (κ3) is 9.25. The molecule has 3 N–H and O–H groups in total.